The normalized spacial score (nSPS) is 15.4. The minimum Gasteiger partial charge on any atom is -0.392 e. The lowest BCUT2D eigenvalue weighted by Gasteiger charge is -2.13. The van der Waals surface area contributed by atoms with Crippen molar-refractivity contribution in [1.29, 1.82) is 0 Å². The van der Waals surface area contributed by atoms with Gasteiger partial charge in [0.1, 0.15) is 6.04 Å². The van der Waals surface area contributed by atoms with Crippen LogP contribution in [0.1, 0.15) is 46.4 Å². The number of fused-ring (bicyclic) bond motifs is 1. The maximum absolute atomic E-state index is 12.6. The molecule has 136 valence electrons. The summed E-state index contributed by atoms with van der Waals surface area (Å²) in [6.07, 6.45) is 0.884. The number of anilines is 1. The Morgan fingerprint density at radius 3 is 2.65 bits per heavy atom. The second kappa shape index (κ2) is 8.12. The smallest absolute Gasteiger partial charge is 0.251 e. The van der Waals surface area contributed by atoms with Crippen LogP contribution in [0.4, 0.5) is 5.69 Å². The van der Waals surface area contributed by atoms with E-state index in [0.717, 1.165) is 23.1 Å². The zero-order valence-electron chi connectivity index (χ0n) is 14.7. The van der Waals surface area contributed by atoms with E-state index in [-0.39, 0.29) is 18.4 Å². The fourth-order valence-electron chi connectivity index (χ4n) is 3.01. The number of hydrogen-bond acceptors (Lipinski definition) is 4. The molecule has 0 saturated heterocycles. The lowest BCUT2D eigenvalue weighted by atomic mass is 10.0. The van der Waals surface area contributed by atoms with Crippen LogP contribution in [0.2, 0.25) is 0 Å². The predicted molar refractivity (Wildman–Crippen MR) is 99.6 cm³/mol. The zero-order chi connectivity index (χ0) is 18.5. The molecular weight excluding hydrogens is 330 g/mol. The zero-order valence-corrected chi connectivity index (χ0v) is 14.7. The number of amides is 2. The van der Waals surface area contributed by atoms with E-state index in [0.29, 0.717) is 24.3 Å². The van der Waals surface area contributed by atoms with Gasteiger partial charge < -0.3 is 15.7 Å². The molecule has 1 unspecified atom stereocenters. The summed E-state index contributed by atoms with van der Waals surface area (Å²) < 4.78 is 0. The average Bonchev–Trinajstić information content (AvgIpc) is 3.09. The van der Waals surface area contributed by atoms with E-state index in [2.05, 4.69) is 16.0 Å². The molecule has 3 rings (SSSR count). The van der Waals surface area contributed by atoms with Crippen LogP contribution in [0, 0.1) is 0 Å². The number of carbonyl (C=O) groups excluding carboxylic acids is 2. The van der Waals surface area contributed by atoms with Crippen LogP contribution < -0.4 is 16.0 Å². The molecular formula is C20H23N3O3. The first-order valence-electron chi connectivity index (χ1n) is 8.77. The van der Waals surface area contributed by atoms with Gasteiger partial charge in [-0.1, -0.05) is 25.1 Å². The van der Waals surface area contributed by atoms with Gasteiger partial charge in [0, 0.05) is 24.3 Å². The molecule has 1 atom stereocenters. The van der Waals surface area contributed by atoms with E-state index in [1.54, 1.807) is 24.3 Å². The fourth-order valence-corrected chi connectivity index (χ4v) is 3.01. The fraction of sp³-hybridized carbons (Fsp3) is 0.300. The van der Waals surface area contributed by atoms with E-state index >= 15 is 0 Å². The Bertz CT molecular complexity index is 802. The monoisotopic (exact) mass is 353 g/mol. The highest BCUT2D eigenvalue weighted by Gasteiger charge is 2.28. The van der Waals surface area contributed by atoms with Gasteiger partial charge in [-0.05, 0) is 47.4 Å². The molecule has 2 amide bonds. The molecule has 0 saturated carbocycles. The second-order valence-electron chi connectivity index (χ2n) is 6.33. The molecule has 0 aromatic heterocycles. The first kappa shape index (κ1) is 18.1. The van der Waals surface area contributed by atoms with E-state index in [1.807, 2.05) is 25.1 Å². The Kier molecular flexibility index (Phi) is 5.65. The minimum atomic E-state index is -0.426. The molecule has 1 aliphatic rings. The van der Waals surface area contributed by atoms with Crippen molar-refractivity contribution < 1.29 is 14.7 Å². The van der Waals surface area contributed by atoms with Gasteiger partial charge in [0.2, 0.25) is 5.91 Å². The summed E-state index contributed by atoms with van der Waals surface area (Å²) in [4.78, 5) is 24.5. The van der Waals surface area contributed by atoms with Crippen molar-refractivity contribution in [2.45, 2.75) is 32.5 Å². The lowest BCUT2D eigenvalue weighted by molar-refractivity contribution is -0.118. The summed E-state index contributed by atoms with van der Waals surface area (Å²) in [5.41, 5.74) is 4.00. The van der Waals surface area contributed by atoms with Crippen LogP contribution in [0.3, 0.4) is 0 Å². The Morgan fingerprint density at radius 2 is 1.96 bits per heavy atom. The van der Waals surface area contributed by atoms with Gasteiger partial charge in [0.25, 0.3) is 5.91 Å². The lowest BCUT2D eigenvalue weighted by Crippen LogP contribution is -2.28. The van der Waals surface area contributed by atoms with Crippen molar-refractivity contribution in [1.82, 2.24) is 10.6 Å². The summed E-state index contributed by atoms with van der Waals surface area (Å²) >= 11 is 0. The van der Waals surface area contributed by atoms with Gasteiger partial charge in [-0.25, -0.2) is 0 Å². The molecule has 2 aromatic carbocycles. The Morgan fingerprint density at radius 1 is 1.19 bits per heavy atom. The van der Waals surface area contributed by atoms with Crippen molar-refractivity contribution in [3.63, 3.8) is 0 Å². The highest BCUT2D eigenvalue weighted by Crippen LogP contribution is 2.27. The molecule has 1 heterocycles. The van der Waals surface area contributed by atoms with Gasteiger partial charge in [0.15, 0.2) is 0 Å². The average molecular weight is 353 g/mol. The minimum absolute atomic E-state index is 0.0116. The van der Waals surface area contributed by atoms with Crippen LogP contribution in [0.25, 0.3) is 0 Å². The van der Waals surface area contributed by atoms with Crippen LogP contribution in [-0.2, 0) is 17.9 Å². The van der Waals surface area contributed by atoms with Gasteiger partial charge in [-0.15, -0.1) is 0 Å². The molecule has 0 radical (unpaired) electrons. The summed E-state index contributed by atoms with van der Waals surface area (Å²) in [6, 6.07) is 12.0. The van der Waals surface area contributed by atoms with E-state index in [1.165, 1.54) is 0 Å². The molecule has 4 N–H and O–H groups in total. The van der Waals surface area contributed by atoms with Gasteiger partial charge in [-0.3, -0.25) is 14.9 Å². The molecule has 6 nitrogen and oxygen atoms in total. The Hall–Kier alpha value is -2.70. The third kappa shape index (κ3) is 3.92. The first-order valence-corrected chi connectivity index (χ1v) is 8.77. The summed E-state index contributed by atoms with van der Waals surface area (Å²) in [5.74, 6) is -0.264. The number of benzene rings is 2. The van der Waals surface area contributed by atoms with Crippen LogP contribution >= 0.6 is 0 Å². The van der Waals surface area contributed by atoms with E-state index in [9.17, 15) is 14.7 Å². The van der Waals surface area contributed by atoms with E-state index < -0.39 is 6.04 Å². The van der Waals surface area contributed by atoms with Gasteiger partial charge >= 0.3 is 0 Å². The van der Waals surface area contributed by atoms with Crippen LogP contribution in [0.15, 0.2) is 42.5 Å². The van der Waals surface area contributed by atoms with Gasteiger partial charge in [-0.2, -0.15) is 0 Å². The quantitative estimate of drug-likeness (QED) is 0.640. The van der Waals surface area contributed by atoms with E-state index in [4.69, 9.17) is 0 Å². The summed E-state index contributed by atoms with van der Waals surface area (Å²) in [7, 11) is 0. The number of aliphatic hydroxyl groups excluding tert-OH is 1. The van der Waals surface area contributed by atoms with Crippen LogP contribution in [-0.4, -0.2) is 23.5 Å². The summed E-state index contributed by atoms with van der Waals surface area (Å²) in [6.45, 7) is 3.22. The van der Waals surface area contributed by atoms with Crippen molar-refractivity contribution in [3.05, 3.63) is 64.7 Å². The first-order chi connectivity index (χ1) is 12.6. The molecule has 1 aliphatic heterocycles. The maximum atomic E-state index is 12.6. The number of nitrogens with one attached hydrogen (secondary N) is 3. The number of hydrogen-bond donors (Lipinski definition) is 4. The largest absolute Gasteiger partial charge is 0.392 e. The van der Waals surface area contributed by atoms with Crippen LogP contribution in [0.5, 0.6) is 0 Å². The third-order valence-corrected chi connectivity index (χ3v) is 4.41. The molecule has 26 heavy (non-hydrogen) atoms. The molecule has 0 aliphatic carbocycles. The maximum Gasteiger partial charge on any atom is 0.251 e. The molecule has 0 spiro atoms. The standard InChI is InChI=1S/C20H23N3O3/c1-2-9-21-19(25)14-4-6-16(7-5-14)23-20(26)18-17-8-3-13(12-24)10-15(17)11-22-18/h3-8,10,18,22,24H,2,9,11-12H2,1H3,(H,21,25)(H,23,26). The highest BCUT2D eigenvalue weighted by molar-refractivity contribution is 5.98. The Balaban J connectivity index is 1.65. The van der Waals surface area contributed by atoms with Gasteiger partial charge in [0.05, 0.1) is 6.61 Å². The topological polar surface area (TPSA) is 90.5 Å². The molecule has 6 heteroatoms. The van der Waals surface area contributed by atoms with Crippen molar-refractivity contribution in [3.8, 4) is 0 Å². The number of aliphatic hydroxyl groups is 1. The Labute approximate surface area is 152 Å². The highest BCUT2D eigenvalue weighted by atomic mass is 16.3. The number of carbonyl (C=O) groups is 2. The summed E-state index contributed by atoms with van der Waals surface area (Å²) in [5, 5.41) is 18.1. The number of rotatable bonds is 6. The van der Waals surface area contributed by atoms with Crippen molar-refractivity contribution in [2.24, 2.45) is 0 Å². The third-order valence-electron chi connectivity index (χ3n) is 4.41. The predicted octanol–water partition coefficient (Wildman–Crippen LogP) is 2.10. The van der Waals surface area contributed by atoms with Crippen molar-refractivity contribution in [2.75, 3.05) is 11.9 Å². The van der Waals surface area contributed by atoms with Crippen molar-refractivity contribution >= 4 is 17.5 Å². The second-order valence-corrected chi connectivity index (χ2v) is 6.33. The molecule has 0 fully saturated rings. The molecule has 0 bridgehead atoms. The molecule has 2 aromatic rings. The SMILES string of the molecule is CCCNC(=O)c1ccc(NC(=O)C2NCc3cc(CO)ccc32)cc1.